The van der Waals surface area contributed by atoms with Crippen LogP contribution in [0.1, 0.15) is 23.0 Å². The molecule has 0 N–H and O–H groups in total. The molecule has 1 saturated carbocycles. The van der Waals surface area contributed by atoms with Gasteiger partial charge in [-0.2, -0.15) is 5.26 Å². The third-order valence-corrected chi connectivity index (χ3v) is 4.20. The smallest absolute Gasteiger partial charge is 0.0820 e. The maximum atomic E-state index is 9.33. The molecule has 1 aromatic rings. The van der Waals surface area contributed by atoms with E-state index in [0.29, 0.717) is 17.8 Å². The molecular formula is C13H9N. The average Bonchev–Trinajstić information content (AvgIpc) is 2.67. The molecule has 0 radical (unpaired) electrons. The molecule has 3 aliphatic carbocycles. The first kappa shape index (κ1) is 6.84. The van der Waals surface area contributed by atoms with Gasteiger partial charge in [0.2, 0.25) is 0 Å². The Labute approximate surface area is 82.7 Å². The van der Waals surface area contributed by atoms with E-state index in [2.05, 4.69) is 42.5 Å². The van der Waals surface area contributed by atoms with Crippen LogP contribution in [-0.4, -0.2) is 0 Å². The van der Waals surface area contributed by atoms with E-state index in [1.807, 2.05) is 0 Å². The molecule has 1 nitrogen and oxygen atoms in total. The van der Waals surface area contributed by atoms with Crippen LogP contribution in [0.5, 0.6) is 0 Å². The van der Waals surface area contributed by atoms with Crippen LogP contribution in [0.15, 0.2) is 36.4 Å². The highest BCUT2D eigenvalue weighted by molar-refractivity contribution is 5.61. The average molecular weight is 179 g/mol. The molecule has 4 rings (SSSR count). The molecule has 3 aliphatic rings. The van der Waals surface area contributed by atoms with Crippen LogP contribution < -0.4 is 0 Å². The highest BCUT2D eigenvalue weighted by Gasteiger charge is 2.74. The largest absolute Gasteiger partial charge is 0.198 e. The number of nitrogens with zero attached hydrogens (tertiary/aromatic N) is 1. The minimum Gasteiger partial charge on any atom is -0.198 e. The summed E-state index contributed by atoms with van der Waals surface area (Å²) < 4.78 is 0. The normalized spacial score (nSPS) is 44.4. The third-order valence-electron chi connectivity index (χ3n) is 4.20. The maximum absolute atomic E-state index is 9.33. The minimum absolute atomic E-state index is 0.0658. The predicted molar refractivity (Wildman–Crippen MR) is 52.6 cm³/mol. The van der Waals surface area contributed by atoms with Crippen molar-refractivity contribution in [2.24, 2.45) is 11.3 Å². The summed E-state index contributed by atoms with van der Waals surface area (Å²) in [5.74, 6) is 1.42. The second-order valence-corrected chi connectivity index (χ2v) is 4.54. The Morgan fingerprint density at radius 1 is 1.14 bits per heavy atom. The lowest BCUT2D eigenvalue weighted by molar-refractivity contribution is 0.600. The SMILES string of the molecule is N#C[C@]12[C@@H]3c4ccccc4[C@@H]1C=C[C@@H]32. The number of hydrogen-bond acceptors (Lipinski definition) is 1. The van der Waals surface area contributed by atoms with Gasteiger partial charge in [-0.25, -0.2) is 0 Å². The summed E-state index contributed by atoms with van der Waals surface area (Å²) in [6.45, 7) is 0. The molecule has 0 heterocycles. The van der Waals surface area contributed by atoms with Crippen LogP contribution in [-0.2, 0) is 0 Å². The third kappa shape index (κ3) is 0.452. The molecule has 0 aliphatic heterocycles. The van der Waals surface area contributed by atoms with Crippen molar-refractivity contribution in [2.45, 2.75) is 11.8 Å². The van der Waals surface area contributed by atoms with Crippen molar-refractivity contribution in [3.8, 4) is 6.07 Å². The van der Waals surface area contributed by atoms with E-state index in [-0.39, 0.29) is 5.41 Å². The quantitative estimate of drug-likeness (QED) is 0.561. The first-order valence-electron chi connectivity index (χ1n) is 5.08. The fourth-order valence-corrected chi connectivity index (χ4v) is 3.60. The fraction of sp³-hybridized carbons (Fsp3) is 0.308. The van der Waals surface area contributed by atoms with Gasteiger partial charge in [0.15, 0.2) is 0 Å². The van der Waals surface area contributed by atoms with E-state index >= 15 is 0 Å². The summed E-state index contributed by atoms with van der Waals surface area (Å²) in [5, 5.41) is 9.33. The Hall–Kier alpha value is -1.55. The molecule has 1 fully saturated rings. The van der Waals surface area contributed by atoms with Crippen LogP contribution in [0.4, 0.5) is 0 Å². The number of fused-ring (bicyclic) bond motifs is 4. The highest BCUT2D eigenvalue weighted by atomic mass is 14.8. The van der Waals surface area contributed by atoms with Gasteiger partial charge in [-0.05, 0) is 11.1 Å². The molecule has 66 valence electrons. The molecule has 1 aromatic carbocycles. The van der Waals surface area contributed by atoms with Crippen LogP contribution in [0.2, 0.25) is 0 Å². The molecule has 0 unspecified atom stereocenters. The van der Waals surface area contributed by atoms with Gasteiger partial charge in [0.25, 0.3) is 0 Å². The van der Waals surface area contributed by atoms with E-state index in [0.717, 1.165) is 0 Å². The monoisotopic (exact) mass is 179 g/mol. The lowest BCUT2D eigenvalue weighted by Crippen LogP contribution is -2.05. The van der Waals surface area contributed by atoms with Crippen molar-refractivity contribution >= 4 is 0 Å². The molecule has 1 heteroatoms. The molecule has 0 spiro atoms. The molecule has 0 amide bonds. The van der Waals surface area contributed by atoms with Gasteiger partial charge >= 0.3 is 0 Å². The topological polar surface area (TPSA) is 23.8 Å². The zero-order chi connectivity index (χ0) is 9.34. The summed E-state index contributed by atoms with van der Waals surface area (Å²) in [6.07, 6.45) is 4.48. The van der Waals surface area contributed by atoms with Gasteiger partial charge < -0.3 is 0 Å². The van der Waals surface area contributed by atoms with Crippen LogP contribution in [0.25, 0.3) is 0 Å². The molecule has 0 bridgehead atoms. The van der Waals surface area contributed by atoms with Crippen molar-refractivity contribution in [2.75, 3.05) is 0 Å². The van der Waals surface area contributed by atoms with Crippen molar-refractivity contribution in [3.63, 3.8) is 0 Å². The number of nitriles is 1. The molecule has 4 atom stereocenters. The van der Waals surface area contributed by atoms with Crippen LogP contribution in [0, 0.1) is 22.7 Å². The first-order valence-corrected chi connectivity index (χ1v) is 5.08. The number of rotatable bonds is 0. The summed E-state index contributed by atoms with van der Waals surface area (Å²) >= 11 is 0. The molecule has 14 heavy (non-hydrogen) atoms. The highest BCUT2D eigenvalue weighted by Crippen LogP contribution is 2.79. The van der Waals surface area contributed by atoms with Gasteiger partial charge in [0.05, 0.1) is 11.5 Å². The number of hydrogen-bond donors (Lipinski definition) is 0. The van der Waals surface area contributed by atoms with Gasteiger partial charge in [0, 0.05) is 17.8 Å². The van der Waals surface area contributed by atoms with Gasteiger partial charge in [-0.1, -0.05) is 36.4 Å². The summed E-state index contributed by atoms with van der Waals surface area (Å²) in [6, 6.07) is 11.1. The lowest BCUT2D eigenvalue weighted by Gasteiger charge is -2.11. The Bertz CT molecular complexity index is 508. The van der Waals surface area contributed by atoms with Gasteiger partial charge in [-0.3, -0.25) is 0 Å². The van der Waals surface area contributed by atoms with Crippen molar-refractivity contribution in [1.82, 2.24) is 0 Å². The van der Waals surface area contributed by atoms with Gasteiger partial charge in [0.1, 0.15) is 0 Å². The number of benzene rings is 1. The summed E-state index contributed by atoms with van der Waals surface area (Å²) in [5.41, 5.74) is 2.75. The Balaban J connectivity index is 2.05. The summed E-state index contributed by atoms with van der Waals surface area (Å²) in [4.78, 5) is 0. The van der Waals surface area contributed by atoms with Crippen LogP contribution in [0.3, 0.4) is 0 Å². The van der Waals surface area contributed by atoms with E-state index in [4.69, 9.17) is 0 Å². The molecular weight excluding hydrogens is 170 g/mol. The first-order chi connectivity index (χ1) is 6.89. The Kier molecular flexibility index (Phi) is 0.873. The van der Waals surface area contributed by atoms with Crippen molar-refractivity contribution in [1.29, 1.82) is 5.26 Å². The predicted octanol–water partition coefficient (Wildman–Crippen LogP) is 2.58. The second kappa shape index (κ2) is 1.79. The number of allylic oxidation sites excluding steroid dienone is 2. The van der Waals surface area contributed by atoms with E-state index in [1.165, 1.54) is 11.1 Å². The Morgan fingerprint density at radius 2 is 1.93 bits per heavy atom. The van der Waals surface area contributed by atoms with E-state index in [9.17, 15) is 5.26 Å². The van der Waals surface area contributed by atoms with Gasteiger partial charge in [-0.15, -0.1) is 0 Å². The zero-order valence-corrected chi connectivity index (χ0v) is 7.64. The Morgan fingerprint density at radius 3 is 2.71 bits per heavy atom. The summed E-state index contributed by atoms with van der Waals surface area (Å²) in [7, 11) is 0. The second-order valence-electron chi connectivity index (χ2n) is 4.54. The molecule has 0 aromatic heterocycles. The standard InChI is InChI=1S/C13H9N/c14-7-13-10-5-6-11(13)12(13)9-4-2-1-3-8(9)10/h1-6,10-12H/t10-,11-,12+,13-/m0/s1. The van der Waals surface area contributed by atoms with Crippen molar-refractivity contribution in [3.05, 3.63) is 47.5 Å². The lowest BCUT2D eigenvalue weighted by atomic mass is 9.90. The zero-order valence-electron chi connectivity index (χ0n) is 7.64. The fourth-order valence-electron chi connectivity index (χ4n) is 3.60. The molecule has 0 saturated heterocycles. The van der Waals surface area contributed by atoms with Crippen LogP contribution >= 0.6 is 0 Å². The minimum atomic E-state index is -0.0658. The maximum Gasteiger partial charge on any atom is 0.0820 e. The van der Waals surface area contributed by atoms with E-state index in [1.54, 1.807) is 0 Å². The van der Waals surface area contributed by atoms with Crippen molar-refractivity contribution < 1.29 is 0 Å². The van der Waals surface area contributed by atoms with E-state index < -0.39 is 0 Å².